The number of hydrogen-bond acceptors (Lipinski definition) is 11. The van der Waals surface area contributed by atoms with Crippen LogP contribution in [0.2, 0.25) is 0 Å². The molecule has 2 aliphatic heterocycles. The maximum atomic E-state index is 10.7. The predicted molar refractivity (Wildman–Crippen MR) is 124 cm³/mol. The van der Waals surface area contributed by atoms with Gasteiger partial charge in [0.05, 0.1) is 19.8 Å². The van der Waals surface area contributed by atoms with Crippen molar-refractivity contribution in [3.63, 3.8) is 0 Å². The van der Waals surface area contributed by atoms with Crippen molar-refractivity contribution < 1.29 is 54.7 Å². The zero-order chi connectivity index (χ0) is 26.0. The van der Waals surface area contributed by atoms with E-state index in [0.29, 0.717) is 6.61 Å². The highest BCUT2D eigenvalue weighted by Crippen LogP contribution is 2.30. The zero-order valence-corrected chi connectivity index (χ0v) is 20.9. The third kappa shape index (κ3) is 8.54. The van der Waals surface area contributed by atoms with Crippen molar-refractivity contribution in [3.8, 4) is 0 Å². The molecule has 35 heavy (non-hydrogen) atoms. The van der Waals surface area contributed by atoms with Gasteiger partial charge in [0, 0.05) is 0 Å². The molecule has 11 heteroatoms. The summed E-state index contributed by atoms with van der Waals surface area (Å²) in [5, 5.41) is 70.7. The largest absolute Gasteiger partial charge is 0.394 e. The molecule has 2 rings (SSSR count). The average Bonchev–Trinajstić information content (AvgIpc) is 2.86. The highest BCUT2D eigenvalue weighted by Gasteiger charge is 2.50. The van der Waals surface area contributed by atoms with Gasteiger partial charge in [-0.2, -0.15) is 0 Å². The summed E-state index contributed by atoms with van der Waals surface area (Å²) in [6, 6.07) is 0. The monoisotopic (exact) mass is 510 g/mol. The Morgan fingerprint density at radius 3 is 1.89 bits per heavy atom. The smallest absolute Gasteiger partial charge is 0.187 e. The summed E-state index contributed by atoms with van der Waals surface area (Å²) in [4.78, 5) is 0. The van der Waals surface area contributed by atoms with E-state index in [1.54, 1.807) is 0 Å². The van der Waals surface area contributed by atoms with Crippen molar-refractivity contribution in [2.75, 3.05) is 19.8 Å². The Labute approximate surface area is 207 Å². The molecular weight excluding hydrogens is 464 g/mol. The second kappa shape index (κ2) is 15.7. The topological polar surface area (TPSA) is 179 Å². The van der Waals surface area contributed by atoms with E-state index in [-0.39, 0.29) is 5.92 Å². The van der Waals surface area contributed by atoms with E-state index in [1.807, 2.05) is 0 Å². The quantitative estimate of drug-likeness (QED) is 0.140. The van der Waals surface area contributed by atoms with Crippen LogP contribution >= 0.6 is 0 Å². The second-order valence-electron chi connectivity index (χ2n) is 9.70. The standard InChI is InChI=1S/C24H46O11/c1-3-5-7-8-10-14(9-6-4-2)13-32-23-21(31)19(29)22(16(12-26)34-23)35-24-20(30)18(28)17(27)15(11-25)33-24/h14-31H,3-13H2,1-2H3/t14?,15-,16-,17-,18+,19-,20-,21-,22-,23-,24-/m1/s1. The number of rotatable bonds is 15. The molecule has 0 radical (unpaired) electrons. The van der Waals surface area contributed by atoms with Crippen molar-refractivity contribution in [2.24, 2.45) is 5.92 Å². The molecule has 0 aromatic rings. The first-order valence-electron chi connectivity index (χ1n) is 13.0. The lowest BCUT2D eigenvalue weighted by Crippen LogP contribution is -2.64. The van der Waals surface area contributed by atoms with Crippen LogP contribution in [0.15, 0.2) is 0 Å². The molecule has 11 nitrogen and oxygen atoms in total. The summed E-state index contributed by atoms with van der Waals surface area (Å²) in [6.07, 6.45) is -5.67. The molecule has 0 amide bonds. The van der Waals surface area contributed by atoms with Crippen LogP contribution in [0, 0.1) is 5.92 Å². The third-order valence-electron chi connectivity index (χ3n) is 6.89. The Kier molecular flexibility index (Phi) is 13.8. The highest BCUT2D eigenvalue weighted by atomic mass is 16.7. The summed E-state index contributed by atoms with van der Waals surface area (Å²) in [5.74, 6) is 0.287. The van der Waals surface area contributed by atoms with Gasteiger partial charge >= 0.3 is 0 Å². The lowest BCUT2D eigenvalue weighted by Gasteiger charge is -2.46. The highest BCUT2D eigenvalue weighted by molar-refractivity contribution is 4.94. The van der Waals surface area contributed by atoms with Crippen LogP contribution in [-0.4, -0.2) is 117 Å². The number of hydrogen-bond donors (Lipinski definition) is 7. The molecule has 2 saturated heterocycles. The van der Waals surface area contributed by atoms with E-state index < -0.39 is 74.6 Å². The third-order valence-corrected chi connectivity index (χ3v) is 6.89. The Hall–Kier alpha value is -0.440. The van der Waals surface area contributed by atoms with Crippen molar-refractivity contribution in [3.05, 3.63) is 0 Å². The van der Waals surface area contributed by atoms with Crippen LogP contribution in [-0.2, 0) is 18.9 Å². The summed E-state index contributed by atoms with van der Waals surface area (Å²) >= 11 is 0. The van der Waals surface area contributed by atoms with Crippen molar-refractivity contribution in [1.82, 2.24) is 0 Å². The first kappa shape index (κ1) is 30.8. The molecule has 2 heterocycles. The van der Waals surface area contributed by atoms with Gasteiger partial charge in [-0.3, -0.25) is 0 Å². The molecule has 2 fully saturated rings. The van der Waals surface area contributed by atoms with Crippen LogP contribution in [0.25, 0.3) is 0 Å². The SMILES string of the molecule is CCCCCCC(CCCC)CO[C@@H]1O[C@H](CO)[C@@H](O[C@H]2O[C@H](CO)[C@@H](O)[C@H](O)[C@H]2O)[C@H](O)[C@H]1O. The lowest BCUT2D eigenvalue weighted by atomic mass is 9.95. The van der Waals surface area contributed by atoms with E-state index in [9.17, 15) is 35.7 Å². The molecule has 0 aromatic heterocycles. The van der Waals surface area contributed by atoms with Gasteiger partial charge in [0.15, 0.2) is 12.6 Å². The average molecular weight is 511 g/mol. The number of unbranched alkanes of at least 4 members (excludes halogenated alkanes) is 4. The summed E-state index contributed by atoms with van der Waals surface area (Å²) in [5.41, 5.74) is 0. The van der Waals surface area contributed by atoms with Crippen molar-refractivity contribution in [1.29, 1.82) is 0 Å². The van der Waals surface area contributed by atoms with Crippen LogP contribution < -0.4 is 0 Å². The van der Waals surface area contributed by atoms with Crippen LogP contribution in [0.5, 0.6) is 0 Å². The van der Waals surface area contributed by atoms with Gasteiger partial charge in [-0.05, 0) is 18.8 Å². The Bertz CT molecular complexity index is 564. The fraction of sp³-hybridized carbons (Fsp3) is 1.00. The molecule has 208 valence electrons. The van der Waals surface area contributed by atoms with E-state index in [1.165, 1.54) is 6.42 Å². The maximum absolute atomic E-state index is 10.7. The first-order valence-corrected chi connectivity index (χ1v) is 13.0. The summed E-state index contributed by atoms with van der Waals surface area (Å²) in [7, 11) is 0. The number of ether oxygens (including phenoxy) is 4. The normalized spacial score (nSPS) is 39.0. The fourth-order valence-electron chi connectivity index (χ4n) is 4.59. The summed E-state index contributed by atoms with van der Waals surface area (Å²) in [6.45, 7) is 3.41. The van der Waals surface area contributed by atoms with E-state index in [4.69, 9.17) is 18.9 Å². The van der Waals surface area contributed by atoms with Gasteiger partial charge < -0.3 is 54.7 Å². The van der Waals surface area contributed by atoms with Gasteiger partial charge in [-0.25, -0.2) is 0 Å². The van der Waals surface area contributed by atoms with Crippen LogP contribution in [0.4, 0.5) is 0 Å². The molecule has 0 aliphatic carbocycles. The van der Waals surface area contributed by atoms with Crippen LogP contribution in [0.1, 0.15) is 65.2 Å². The Morgan fingerprint density at radius 2 is 1.26 bits per heavy atom. The van der Waals surface area contributed by atoms with Crippen molar-refractivity contribution in [2.45, 2.75) is 127 Å². The molecule has 0 spiro atoms. The number of aliphatic hydroxyl groups is 7. The maximum Gasteiger partial charge on any atom is 0.187 e. The number of aliphatic hydroxyl groups excluding tert-OH is 7. The minimum Gasteiger partial charge on any atom is -0.394 e. The summed E-state index contributed by atoms with van der Waals surface area (Å²) < 4.78 is 22.4. The minimum absolute atomic E-state index is 0.287. The van der Waals surface area contributed by atoms with Gasteiger partial charge in [-0.1, -0.05) is 52.4 Å². The first-order chi connectivity index (χ1) is 16.8. The predicted octanol–water partition coefficient (Wildman–Crippen LogP) is -0.596. The molecule has 1 unspecified atom stereocenters. The van der Waals surface area contributed by atoms with Gasteiger partial charge in [0.2, 0.25) is 0 Å². The minimum atomic E-state index is -1.70. The molecule has 0 bridgehead atoms. The fourth-order valence-corrected chi connectivity index (χ4v) is 4.59. The second-order valence-corrected chi connectivity index (χ2v) is 9.70. The molecular formula is C24H46O11. The van der Waals surface area contributed by atoms with Gasteiger partial charge in [-0.15, -0.1) is 0 Å². The molecule has 0 saturated carbocycles. The Balaban J connectivity index is 1.98. The van der Waals surface area contributed by atoms with Gasteiger partial charge in [0.25, 0.3) is 0 Å². The van der Waals surface area contributed by atoms with Crippen LogP contribution in [0.3, 0.4) is 0 Å². The molecule has 11 atom stereocenters. The molecule has 7 N–H and O–H groups in total. The zero-order valence-electron chi connectivity index (χ0n) is 20.9. The van der Waals surface area contributed by atoms with E-state index in [0.717, 1.165) is 44.9 Å². The van der Waals surface area contributed by atoms with E-state index >= 15 is 0 Å². The van der Waals surface area contributed by atoms with Gasteiger partial charge in [0.1, 0.15) is 48.8 Å². The van der Waals surface area contributed by atoms with Crippen molar-refractivity contribution >= 4 is 0 Å². The lowest BCUT2D eigenvalue weighted by molar-refractivity contribution is -0.360. The molecule has 2 aliphatic rings. The Morgan fingerprint density at radius 1 is 0.657 bits per heavy atom. The molecule has 0 aromatic carbocycles. The van der Waals surface area contributed by atoms with E-state index in [2.05, 4.69) is 13.8 Å².